The Balaban J connectivity index is 1.61. The van der Waals surface area contributed by atoms with Gasteiger partial charge >= 0.3 is 0 Å². The first kappa shape index (κ1) is 19.7. The molecule has 1 heterocycles. The molecule has 0 aliphatic carbocycles. The number of aromatic nitrogens is 3. The number of benzene rings is 2. The molecule has 28 heavy (non-hydrogen) atoms. The Morgan fingerprint density at radius 3 is 2.43 bits per heavy atom. The summed E-state index contributed by atoms with van der Waals surface area (Å²) >= 11 is 0. The monoisotopic (exact) mass is 399 g/mol. The molecule has 1 atom stereocenters. The van der Waals surface area contributed by atoms with Crippen molar-refractivity contribution in [2.45, 2.75) is 31.0 Å². The van der Waals surface area contributed by atoms with Crippen molar-refractivity contribution in [3.63, 3.8) is 0 Å². The molecule has 3 rings (SSSR count). The van der Waals surface area contributed by atoms with Crippen LogP contribution < -0.4 is 10.0 Å². The van der Waals surface area contributed by atoms with Crippen LogP contribution in [0.25, 0.3) is 0 Å². The predicted molar refractivity (Wildman–Crippen MR) is 104 cm³/mol. The van der Waals surface area contributed by atoms with Crippen LogP contribution >= 0.6 is 0 Å². The van der Waals surface area contributed by atoms with Gasteiger partial charge < -0.3 is 5.32 Å². The predicted octanol–water partition coefficient (Wildman–Crippen LogP) is 1.31. The number of carbonyl (C=O) groups is 1. The van der Waals surface area contributed by atoms with E-state index in [1.165, 1.54) is 25.4 Å². The van der Waals surface area contributed by atoms with Crippen molar-refractivity contribution in [1.29, 1.82) is 0 Å². The summed E-state index contributed by atoms with van der Waals surface area (Å²) in [6.07, 6.45) is 3.08. The maximum absolute atomic E-state index is 12.4. The summed E-state index contributed by atoms with van der Waals surface area (Å²) in [5.41, 5.74) is 1.91. The third-order valence-electron chi connectivity index (χ3n) is 4.15. The maximum atomic E-state index is 12.4. The maximum Gasteiger partial charge on any atom is 0.241 e. The lowest BCUT2D eigenvalue weighted by molar-refractivity contribution is -0.122. The van der Waals surface area contributed by atoms with Gasteiger partial charge in [0.25, 0.3) is 0 Å². The van der Waals surface area contributed by atoms with Crippen molar-refractivity contribution in [3.05, 3.63) is 78.4 Å². The average molecular weight is 399 g/mol. The number of sulfonamides is 1. The summed E-state index contributed by atoms with van der Waals surface area (Å²) < 4.78 is 28.8. The second-order valence-corrected chi connectivity index (χ2v) is 7.95. The van der Waals surface area contributed by atoms with Gasteiger partial charge in [-0.05, 0) is 30.2 Å². The van der Waals surface area contributed by atoms with Crippen LogP contribution in [0.2, 0.25) is 0 Å². The molecule has 2 N–H and O–H groups in total. The molecule has 0 aliphatic rings. The summed E-state index contributed by atoms with van der Waals surface area (Å²) in [5, 5.41) is 6.87. The summed E-state index contributed by atoms with van der Waals surface area (Å²) in [4.78, 5) is 16.4. The van der Waals surface area contributed by atoms with Crippen molar-refractivity contribution in [1.82, 2.24) is 24.8 Å². The molecule has 146 valence electrons. The Labute approximate surface area is 163 Å². The molecule has 8 nitrogen and oxygen atoms in total. The van der Waals surface area contributed by atoms with Crippen LogP contribution in [0.3, 0.4) is 0 Å². The topological polar surface area (TPSA) is 106 Å². The molecule has 0 bridgehead atoms. The molecule has 2 aromatic carbocycles. The lowest BCUT2D eigenvalue weighted by Crippen LogP contribution is -2.44. The third-order valence-corrected chi connectivity index (χ3v) is 5.71. The lowest BCUT2D eigenvalue weighted by atomic mass is 10.1. The van der Waals surface area contributed by atoms with Gasteiger partial charge in [0.15, 0.2) is 0 Å². The van der Waals surface area contributed by atoms with Gasteiger partial charge in [0, 0.05) is 6.54 Å². The number of carbonyl (C=O) groups excluding carboxylic acids is 1. The largest absolute Gasteiger partial charge is 0.351 e. The minimum absolute atomic E-state index is 0.118. The molecular formula is C19H21N5O3S. The zero-order valence-electron chi connectivity index (χ0n) is 15.3. The molecule has 0 saturated carbocycles. The fourth-order valence-corrected chi connectivity index (χ4v) is 3.89. The highest BCUT2D eigenvalue weighted by Gasteiger charge is 2.21. The Bertz CT molecular complexity index is 1020. The van der Waals surface area contributed by atoms with Crippen LogP contribution in [0, 0.1) is 0 Å². The van der Waals surface area contributed by atoms with Crippen LogP contribution in [-0.2, 0) is 27.9 Å². The van der Waals surface area contributed by atoms with Crippen molar-refractivity contribution in [2.75, 3.05) is 0 Å². The normalized spacial score (nSPS) is 12.5. The van der Waals surface area contributed by atoms with Gasteiger partial charge in [-0.15, -0.1) is 0 Å². The fourth-order valence-electron chi connectivity index (χ4n) is 2.66. The summed E-state index contributed by atoms with van der Waals surface area (Å²) in [5.74, 6) is -0.407. The SMILES string of the molecule is C[C@H](NS(=O)(=O)c1ccccc1)C(=O)NCc1ccccc1Cn1cncn1. The minimum atomic E-state index is -3.76. The van der Waals surface area contributed by atoms with Crippen molar-refractivity contribution in [2.24, 2.45) is 0 Å². The van der Waals surface area contributed by atoms with E-state index in [0.29, 0.717) is 6.54 Å². The molecular weight excluding hydrogens is 378 g/mol. The molecule has 1 amide bonds. The third kappa shape index (κ3) is 5.02. The summed E-state index contributed by atoms with van der Waals surface area (Å²) in [6.45, 7) is 2.32. The van der Waals surface area contributed by atoms with Gasteiger partial charge in [0.1, 0.15) is 12.7 Å². The van der Waals surface area contributed by atoms with Crippen LogP contribution in [-0.4, -0.2) is 35.1 Å². The second kappa shape index (κ2) is 8.77. The average Bonchev–Trinajstić information content (AvgIpc) is 3.20. The molecule has 0 aliphatic heterocycles. The Morgan fingerprint density at radius 2 is 1.75 bits per heavy atom. The van der Waals surface area contributed by atoms with Gasteiger partial charge in [0.2, 0.25) is 15.9 Å². The highest BCUT2D eigenvalue weighted by Crippen LogP contribution is 2.11. The van der Waals surface area contributed by atoms with E-state index in [9.17, 15) is 13.2 Å². The van der Waals surface area contributed by atoms with Crippen LogP contribution in [0.5, 0.6) is 0 Å². The fraction of sp³-hybridized carbons (Fsp3) is 0.211. The van der Waals surface area contributed by atoms with E-state index in [4.69, 9.17) is 0 Å². The van der Waals surface area contributed by atoms with Crippen molar-refractivity contribution >= 4 is 15.9 Å². The van der Waals surface area contributed by atoms with Crippen molar-refractivity contribution < 1.29 is 13.2 Å². The number of hydrogen-bond acceptors (Lipinski definition) is 5. The second-order valence-electron chi connectivity index (χ2n) is 6.24. The highest BCUT2D eigenvalue weighted by atomic mass is 32.2. The zero-order valence-corrected chi connectivity index (χ0v) is 16.1. The standard InChI is InChI=1S/C19H21N5O3S/c1-15(23-28(26,27)18-9-3-2-4-10-18)19(25)21-11-16-7-5-6-8-17(16)12-24-14-20-13-22-24/h2-10,13-15,23H,11-12H2,1H3,(H,21,25)/t15-/m0/s1. The first-order chi connectivity index (χ1) is 13.5. The molecule has 1 aromatic heterocycles. The minimum Gasteiger partial charge on any atom is -0.351 e. The molecule has 0 unspecified atom stereocenters. The van der Waals surface area contributed by atoms with E-state index in [-0.39, 0.29) is 11.4 Å². The van der Waals surface area contributed by atoms with Crippen LogP contribution in [0.1, 0.15) is 18.1 Å². The molecule has 0 saturated heterocycles. The van der Waals surface area contributed by atoms with Crippen molar-refractivity contribution in [3.8, 4) is 0 Å². The molecule has 3 aromatic rings. The van der Waals surface area contributed by atoms with E-state index in [1.54, 1.807) is 29.2 Å². The highest BCUT2D eigenvalue weighted by molar-refractivity contribution is 7.89. The van der Waals surface area contributed by atoms with E-state index < -0.39 is 22.0 Å². The Morgan fingerprint density at radius 1 is 1.07 bits per heavy atom. The number of rotatable bonds is 8. The van der Waals surface area contributed by atoms with E-state index >= 15 is 0 Å². The first-order valence-electron chi connectivity index (χ1n) is 8.70. The number of nitrogens with zero attached hydrogens (tertiary/aromatic N) is 3. The Hall–Kier alpha value is -3.04. The zero-order chi connectivity index (χ0) is 20.0. The van der Waals surface area contributed by atoms with Gasteiger partial charge in [-0.2, -0.15) is 9.82 Å². The molecule has 9 heteroatoms. The van der Waals surface area contributed by atoms with Gasteiger partial charge in [-0.3, -0.25) is 4.79 Å². The number of nitrogens with one attached hydrogen (secondary N) is 2. The van der Waals surface area contributed by atoms with E-state index in [1.807, 2.05) is 24.3 Å². The molecule has 0 fully saturated rings. The van der Waals surface area contributed by atoms with Crippen LogP contribution in [0.4, 0.5) is 0 Å². The molecule has 0 spiro atoms. The Kier molecular flexibility index (Phi) is 6.17. The summed E-state index contributed by atoms with van der Waals surface area (Å²) in [7, 11) is -3.76. The summed E-state index contributed by atoms with van der Waals surface area (Å²) in [6, 6.07) is 14.7. The van der Waals surface area contributed by atoms with Gasteiger partial charge in [0.05, 0.1) is 17.5 Å². The quantitative estimate of drug-likeness (QED) is 0.594. The van der Waals surface area contributed by atoms with E-state index in [0.717, 1.165) is 11.1 Å². The van der Waals surface area contributed by atoms with Crippen LogP contribution in [0.15, 0.2) is 72.1 Å². The first-order valence-corrected chi connectivity index (χ1v) is 10.2. The number of hydrogen-bond donors (Lipinski definition) is 2. The van der Waals surface area contributed by atoms with Gasteiger partial charge in [-0.25, -0.2) is 18.1 Å². The smallest absolute Gasteiger partial charge is 0.241 e. The van der Waals surface area contributed by atoms with E-state index in [2.05, 4.69) is 20.1 Å². The number of amides is 1. The molecule has 0 radical (unpaired) electrons. The van der Waals surface area contributed by atoms with Gasteiger partial charge in [-0.1, -0.05) is 42.5 Å². The lowest BCUT2D eigenvalue weighted by Gasteiger charge is -2.16.